The average molecular weight is 267 g/mol. The molecule has 0 aliphatic carbocycles. The minimum Gasteiger partial charge on any atom is -0.444 e. The first-order chi connectivity index (χ1) is 8.76. The smallest absolute Gasteiger partial charge is 0.410 e. The van der Waals surface area contributed by atoms with Crippen LogP contribution < -0.4 is 0 Å². The summed E-state index contributed by atoms with van der Waals surface area (Å²) in [5, 5.41) is 13.8. The third-order valence-electron chi connectivity index (χ3n) is 2.90. The highest BCUT2D eigenvalue weighted by molar-refractivity contribution is 5.68. The third kappa shape index (κ3) is 3.26. The monoisotopic (exact) mass is 267 g/mol. The highest BCUT2D eigenvalue weighted by Crippen LogP contribution is 2.19. The molecule has 106 valence electrons. The van der Waals surface area contributed by atoms with Gasteiger partial charge in [0.15, 0.2) is 0 Å². The van der Waals surface area contributed by atoms with Crippen molar-refractivity contribution in [1.29, 1.82) is 0 Å². The molecule has 0 saturated heterocycles. The van der Waals surface area contributed by atoms with E-state index in [1.165, 1.54) is 0 Å². The Hall–Kier alpha value is -1.56. The quantitative estimate of drug-likeness (QED) is 0.840. The highest BCUT2D eigenvalue weighted by atomic mass is 16.6. The Labute approximate surface area is 113 Å². The largest absolute Gasteiger partial charge is 0.444 e. The summed E-state index contributed by atoms with van der Waals surface area (Å²) in [7, 11) is 0. The van der Waals surface area contributed by atoms with Gasteiger partial charge in [0, 0.05) is 6.54 Å². The number of aromatic nitrogens is 2. The van der Waals surface area contributed by atoms with E-state index < -0.39 is 11.7 Å². The summed E-state index contributed by atoms with van der Waals surface area (Å²) >= 11 is 0. The van der Waals surface area contributed by atoms with Gasteiger partial charge >= 0.3 is 6.09 Å². The molecule has 0 aromatic carbocycles. The minimum absolute atomic E-state index is 0.307. The van der Waals surface area contributed by atoms with Gasteiger partial charge < -0.3 is 14.7 Å². The number of carbonyl (C=O) groups is 1. The van der Waals surface area contributed by atoms with Gasteiger partial charge in [0.05, 0.1) is 30.6 Å². The molecule has 0 radical (unpaired) electrons. The van der Waals surface area contributed by atoms with Gasteiger partial charge in [-0.25, -0.2) is 4.79 Å². The number of hydrogen-bond acceptors (Lipinski definition) is 4. The number of ether oxygens (including phenoxy) is 1. The summed E-state index contributed by atoms with van der Waals surface area (Å²) in [4.78, 5) is 13.6. The number of aliphatic hydroxyl groups is 1. The number of nitrogens with zero attached hydrogens (tertiary/aromatic N) is 3. The fourth-order valence-corrected chi connectivity index (χ4v) is 1.98. The van der Waals surface area contributed by atoms with E-state index >= 15 is 0 Å². The van der Waals surface area contributed by atoms with E-state index in [0.29, 0.717) is 25.3 Å². The van der Waals surface area contributed by atoms with Crippen LogP contribution in [-0.4, -0.2) is 38.0 Å². The molecule has 1 aliphatic rings. The van der Waals surface area contributed by atoms with Gasteiger partial charge in [-0.05, 0) is 33.8 Å². The van der Waals surface area contributed by atoms with E-state index in [1.54, 1.807) is 11.8 Å². The Kier molecular flexibility index (Phi) is 3.54. The lowest BCUT2D eigenvalue weighted by molar-refractivity contribution is 0.0194. The lowest BCUT2D eigenvalue weighted by atomic mass is 10.2. The molecule has 1 aliphatic heterocycles. The second-order valence-electron chi connectivity index (χ2n) is 5.86. The maximum absolute atomic E-state index is 12.0. The van der Waals surface area contributed by atoms with E-state index in [-0.39, 0.29) is 6.09 Å². The van der Waals surface area contributed by atoms with Crippen molar-refractivity contribution in [2.24, 2.45) is 0 Å². The van der Waals surface area contributed by atoms with Gasteiger partial charge in [0.25, 0.3) is 0 Å². The number of rotatable bonds is 1. The maximum atomic E-state index is 12.0. The maximum Gasteiger partial charge on any atom is 0.410 e. The van der Waals surface area contributed by atoms with Crippen molar-refractivity contribution in [2.75, 3.05) is 6.54 Å². The molecular weight excluding hydrogens is 246 g/mol. The van der Waals surface area contributed by atoms with Gasteiger partial charge in [-0.15, -0.1) is 0 Å². The molecule has 1 unspecified atom stereocenters. The topological polar surface area (TPSA) is 67.6 Å². The van der Waals surface area contributed by atoms with Crippen molar-refractivity contribution < 1.29 is 14.6 Å². The molecule has 0 bridgehead atoms. The van der Waals surface area contributed by atoms with Crippen LogP contribution in [0.2, 0.25) is 0 Å². The van der Waals surface area contributed by atoms with Crippen molar-refractivity contribution in [3.63, 3.8) is 0 Å². The van der Waals surface area contributed by atoms with Gasteiger partial charge in [0.2, 0.25) is 0 Å². The van der Waals surface area contributed by atoms with Gasteiger partial charge in [-0.2, -0.15) is 5.10 Å². The summed E-state index contributed by atoms with van der Waals surface area (Å²) in [5.74, 6) is 0. The third-order valence-corrected chi connectivity index (χ3v) is 2.90. The van der Waals surface area contributed by atoms with Crippen LogP contribution in [0.4, 0.5) is 4.79 Å². The first kappa shape index (κ1) is 13.9. The van der Waals surface area contributed by atoms with Crippen molar-refractivity contribution >= 4 is 6.09 Å². The molecule has 1 atom stereocenters. The molecular formula is C13H21N3O3. The first-order valence-electron chi connectivity index (χ1n) is 6.49. The molecule has 1 aromatic rings. The van der Waals surface area contributed by atoms with Gasteiger partial charge in [0.1, 0.15) is 5.60 Å². The van der Waals surface area contributed by atoms with E-state index in [1.807, 2.05) is 31.5 Å². The van der Waals surface area contributed by atoms with Crippen molar-refractivity contribution in [3.8, 4) is 0 Å². The van der Waals surface area contributed by atoms with Crippen molar-refractivity contribution in [3.05, 3.63) is 17.5 Å². The molecule has 19 heavy (non-hydrogen) atoms. The SMILES string of the molecule is CC(O)c1cc2n(n1)CCN(C(=O)OC(C)(C)C)C2. The fourth-order valence-electron chi connectivity index (χ4n) is 1.98. The van der Waals surface area contributed by atoms with E-state index in [4.69, 9.17) is 4.74 Å². The number of amides is 1. The zero-order valence-electron chi connectivity index (χ0n) is 11.9. The molecule has 0 saturated carbocycles. The summed E-state index contributed by atoms with van der Waals surface area (Å²) < 4.78 is 7.19. The number of hydrogen-bond donors (Lipinski definition) is 1. The second kappa shape index (κ2) is 4.85. The number of carbonyl (C=O) groups excluding carboxylic acids is 1. The summed E-state index contributed by atoms with van der Waals surface area (Å²) in [6, 6.07) is 1.83. The number of fused-ring (bicyclic) bond motifs is 1. The molecule has 0 spiro atoms. The van der Waals surface area contributed by atoms with Gasteiger partial charge in [-0.1, -0.05) is 0 Å². The Bertz CT molecular complexity index is 474. The number of aliphatic hydroxyl groups excluding tert-OH is 1. The predicted molar refractivity (Wildman–Crippen MR) is 69.5 cm³/mol. The van der Waals surface area contributed by atoms with Crippen LogP contribution in [0.3, 0.4) is 0 Å². The van der Waals surface area contributed by atoms with Crippen LogP contribution in [-0.2, 0) is 17.8 Å². The minimum atomic E-state index is -0.590. The first-order valence-corrected chi connectivity index (χ1v) is 6.49. The molecule has 0 fully saturated rings. The summed E-state index contributed by atoms with van der Waals surface area (Å²) in [5.41, 5.74) is 1.08. The van der Waals surface area contributed by atoms with Crippen LogP contribution in [0.15, 0.2) is 6.07 Å². The summed E-state index contributed by atoms with van der Waals surface area (Å²) in [6.45, 7) is 8.90. The van der Waals surface area contributed by atoms with E-state index in [0.717, 1.165) is 5.69 Å². The molecule has 6 nitrogen and oxygen atoms in total. The Morgan fingerprint density at radius 3 is 2.74 bits per heavy atom. The lowest BCUT2D eigenvalue weighted by Crippen LogP contribution is -2.41. The molecule has 6 heteroatoms. The molecule has 1 aromatic heterocycles. The fraction of sp³-hybridized carbons (Fsp3) is 0.692. The van der Waals surface area contributed by atoms with Crippen molar-refractivity contribution in [1.82, 2.24) is 14.7 Å². The van der Waals surface area contributed by atoms with Crippen LogP contribution in [0.25, 0.3) is 0 Å². The second-order valence-corrected chi connectivity index (χ2v) is 5.86. The zero-order chi connectivity index (χ0) is 14.2. The van der Waals surface area contributed by atoms with Crippen LogP contribution in [0, 0.1) is 0 Å². The van der Waals surface area contributed by atoms with E-state index in [9.17, 15) is 9.90 Å². The standard InChI is InChI=1S/C13H21N3O3/c1-9(17)11-7-10-8-15(5-6-16(10)14-11)12(18)19-13(2,3)4/h7,9,17H,5-6,8H2,1-4H3. The Morgan fingerprint density at radius 2 is 2.16 bits per heavy atom. The van der Waals surface area contributed by atoms with Crippen LogP contribution in [0.1, 0.15) is 45.2 Å². The Morgan fingerprint density at radius 1 is 1.47 bits per heavy atom. The van der Waals surface area contributed by atoms with Crippen LogP contribution in [0.5, 0.6) is 0 Å². The predicted octanol–water partition coefficient (Wildman–Crippen LogP) is 1.69. The Balaban J connectivity index is 2.07. The molecule has 2 heterocycles. The molecule has 1 N–H and O–H groups in total. The van der Waals surface area contributed by atoms with E-state index in [2.05, 4.69) is 5.10 Å². The average Bonchev–Trinajstić information content (AvgIpc) is 2.69. The van der Waals surface area contributed by atoms with Gasteiger partial charge in [-0.3, -0.25) is 4.68 Å². The zero-order valence-corrected chi connectivity index (χ0v) is 11.9. The van der Waals surface area contributed by atoms with Crippen LogP contribution >= 0.6 is 0 Å². The molecule has 2 rings (SSSR count). The summed E-state index contributed by atoms with van der Waals surface area (Å²) in [6.07, 6.45) is -0.897. The molecule has 1 amide bonds. The normalized spacial score (nSPS) is 17.0. The lowest BCUT2D eigenvalue weighted by Gasteiger charge is -2.30. The van der Waals surface area contributed by atoms with Crippen molar-refractivity contribution in [2.45, 2.75) is 52.5 Å². The highest BCUT2D eigenvalue weighted by Gasteiger charge is 2.27.